The average Bonchev–Trinajstić information content (AvgIpc) is 3.09. The summed E-state index contributed by atoms with van der Waals surface area (Å²) in [6, 6.07) is 16.3. The van der Waals surface area contributed by atoms with Gasteiger partial charge in [-0.3, -0.25) is 0 Å². The van der Waals surface area contributed by atoms with Gasteiger partial charge in [-0.05, 0) is 44.7 Å². The molecular weight excluding hydrogens is 350 g/mol. The van der Waals surface area contributed by atoms with Gasteiger partial charge in [0.1, 0.15) is 12.4 Å². The summed E-state index contributed by atoms with van der Waals surface area (Å²) < 4.78 is 11.3. The lowest BCUT2D eigenvalue weighted by atomic mass is 10.1. The summed E-state index contributed by atoms with van der Waals surface area (Å²) in [5.41, 5.74) is 3.23. The summed E-state index contributed by atoms with van der Waals surface area (Å²) in [6.45, 7) is 4.68. The first-order valence-electron chi connectivity index (χ1n) is 8.42. The minimum Gasteiger partial charge on any atom is -0.489 e. The van der Waals surface area contributed by atoms with Crippen LogP contribution in [0.4, 0.5) is 0 Å². The van der Waals surface area contributed by atoms with Crippen molar-refractivity contribution in [3.05, 3.63) is 65.5 Å². The maximum atomic E-state index is 5.90. The van der Waals surface area contributed by atoms with Crippen LogP contribution < -0.4 is 10.1 Å². The monoisotopic (exact) mass is 373 g/mol. The van der Waals surface area contributed by atoms with Crippen molar-refractivity contribution in [2.75, 3.05) is 7.05 Å². The maximum Gasteiger partial charge on any atom is 0.258 e. The Bertz CT molecular complexity index is 835. The second-order valence-electron chi connectivity index (χ2n) is 6.22. The Kier molecular flexibility index (Phi) is 7.18. The number of nitrogens with zero attached hydrogens (tertiary/aromatic N) is 2. The predicted octanol–water partition coefficient (Wildman–Crippen LogP) is 4.20. The summed E-state index contributed by atoms with van der Waals surface area (Å²) in [6.07, 6.45) is 0.726. The molecule has 0 amide bonds. The van der Waals surface area contributed by atoms with Gasteiger partial charge in [-0.1, -0.05) is 41.1 Å². The van der Waals surface area contributed by atoms with Gasteiger partial charge in [0.15, 0.2) is 5.82 Å². The highest BCUT2D eigenvalue weighted by atomic mass is 35.5. The number of hydrogen-bond acceptors (Lipinski definition) is 5. The number of nitrogens with one attached hydrogen (secondary N) is 1. The Hall–Kier alpha value is -2.37. The lowest BCUT2D eigenvalue weighted by Crippen LogP contribution is -2.24. The highest BCUT2D eigenvalue weighted by Crippen LogP contribution is 2.23. The number of rotatable bonds is 7. The zero-order valence-electron chi connectivity index (χ0n) is 15.2. The van der Waals surface area contributed by atoms with Gasteiger partial charge in [0, 0.05) is 18.0 Å². The third kappa shape index (κ3) is 5.31. The normalized spacial score (nSPS) is 11.7. The highest BCUT2D eigenvalue weighted by molar-refractivity contribution is 5.85. The fraction of sp³-hybridized carbons (Fsp3) is 0.300. The number of aromatic nitrogens is 2. The summed E-state index contributed by atoms with van der Waals surface area (Å²) in [7, 11) is 1.92. The lowest BCUT2D eigenvalue weighted by Gasteiger charge is -2.07. The fourth-order valence-electron chi connectivity index (χ4n) is 2.52. The van der Waals surface area contributed by atoms with E-state index in [1.165, 1.54) is 5.56 Å². The van der Waals surface area contributed by atoms with Crippen molar-refractivity contribution in [3.8, 4) is 17.2 Å². The molecule has 0 aliphatic carbocycles. The molecule has 6 heteroatoms. The van der Waals surface area contributed by atoms with E-state index in [2.05, 4.69) is 47.5 Å². The van der Waals surface area contributed by atoms with Crippen molar-refractivity contribution in [3.63, 3.8) is 0 Å². The molecular formula is C20H24ClN3O2. The molecule has 0 radical (unpaired) electrons. The summed E-state index contributed by atoms with van der Waals surface area (Å²) in [4.78, 5) is 4.47. The van der Waals surface area contributed by atoms with E-state index in [9.17, 15) is 0 Å². The molecule has 1 unspecified atom stereocenters. The Labute approximate surface area is 160 Å². The zero-order valence-corrected chi connectivity index (χ0v) is 16.0. The number of halogens is 1. The predicted molar refractivity (Wildman–Crippen MR) is 105 cm³/mol. The molecule has 0 aliphatic rings. The van der Waals surface area contributed by atoms with Crippen LogP contribution in [0.25, 0.3) is 11.5 Å². The van der Waals surface area contributed by atoms with Gasteiger partial charge in [0.05, 0.1) is 0 Å². The van der Waals surface area contributed by atoms with Gasteiger partial charge in [0.2, 0.25) is 0 Å². The van der Waals surface area contributed by atoms with Crippen LogP contribution in [0.15, 0.2) is 53.1 Å². The van der Waals surface area contributed by atoms with Gasteiger partial charge in [-0.15, -0.1) is 12.4 Å². The maximum absolute atomic E-state index is 5.90. The largest absolute Gasteiger partial charge is 0.489 e. The molecule has 1 N–H and O–H groups in total. The Morgan fingerprint density at radius 1 is 1.15 bits per heavy atom. The molecule has 0 saturated carbocycles. The van der Waals surface area contributed by atoms with Gasteiger partial charge >= 0.3 is 0 Å². The molecule has 0 saturated heterocycles. The van der Waals surface area contributed by atoms with Gasteiger partial charge in [-0.2, -0.15) is 4.98 Å². The molecule has 3 rings (SSSR count). The number of benzene rings is 2. The second kappa shape index (κ2) is 9.36. The quantitative estimate of drug-likeness (QED) is 0.672. The molecule has 1 heterocycles. The van der Waals surface area contributed by atoms with Crippen LogP contribution >= 0.6 is 12.4 Å². The molecule has 5 nitrogen and oxygen atoms in total. The van der Waals surface area contributed by atoms with Crippen molar-refractivity contribution in [1.29, 1.82) is 0 Å². The number of likely N-dealkylation sites (N-methyl/N-ethyl adjacent to an activating group) is 1. The van der Waals surface area contributed by atoms with Crippen molar-refractivity contribution >= 4 is 12.4 Å². The first-order chi connectivity index (χ1) is 12.1. The molecule has 0 bridgehead atoms. The third-order valence-corrected chi connectivity index (χ3v) is 4.02. The smallest absolute Gasteiger partial charge is 0.258 e. The summed E-state index contributed by atoms with van der Waals surface area (Å²) in [5.74, 6) is 1.99. The van der Waals surface area contributed by atoms with Crippen LogP contribution in [0.1, 0.15) is 23.9 Å². The van der Waals surface area contributed by atoms with Crippen LogP contribution in [0, 0.1) is 6.92 Å². The van der Waals surface area contributed by atoms with E-state index in [-0.39, 0.29) is 12.4 Å². The van der Waals surface area contributed by atoms with E-state index in [1.807, 2.05) is 37.4 Å². The number of hydrogen-bond donors (Lipinski definition) is 1. The molecule has 0 spiro atoms. The third-order valence-electron chi connectivity index (χ3n) is 4.02. The minimum absolute atomic E-state index is 0. The topological polar surface area (TPSA) is 60.2 Å². The Balaban J connectivity index is 0.00000243. The van der Waals surface area contributed by atoms with Crippen molar-refractivity contribution in [2.24, 2.45) is 0 Å². The molecule has 2 aromatic carbocycles. The van der Waals surface area contributed by atoms with Gasteiger partial charge in [-0.25, -0.2) is 0 Å². The van der Waals surface area contributed by atoms with E-state index in [0.29, 0.717) is 24.4 Å². The first-order valence-corrected chi connectivity index (χ1v) is 8.42. The minimum atomic E-state index is 0. The average molecular weight is 374 g/mol. The van der Waals surface area contributed by atoms with Crippen LogP contribution in [-0.4, -0.2) is 23.2 Å². The van der Waals surface area contributed by atoms with Crippen molar-refractivity contribution < 1.29 is 9.26 Å². The first kappa shape index (κ1) is 19.9. The second-order valence-corrected chi connectivity index (χ2v) is 6.22. The van der Waals surface area contributed by atoms with Crippen LogP contribution in [0.3, 0.4) is 0 Å². The molecule has 3 aromatic rings. The van der Waals surface area contributed by atoms with Crippen LogP contribution in [0.2, 0.25) is 0 Å². The van der Waals surface area contributed by atoms with E-state index in [1.54, 1.807) is 0 Å². The van der Waals surface area contributed by atoms with E-state index in [0.717, 1.165) is 23.3 Å². The summed E-state index contributed by atoms with van der Waals surface area (Å²) in [5, 5.41) is 7.21. The van der Waals surface area contributed by atoms with Crippen LogP contribution in [0.5, 0.6) is 5.75 Å². The van der Waals surface area contributed by atoms with Gasteiger partial charge in [0.25, 0.3) is 5.89 Å². The van der Waals surface area contributed by atoms with Gasteiger partial charge < -0.3 is 14.6 Å². The number of aryl methyl sites for hydroxylation is 1. The highest BCUT2D eigenvalue weighted by Gasteiger charge is 2.11. The SMILES string of the molecule is CNC(C)Cc1noc(-c2cccc(OCc3cccc(C)c3)c2)n1.Cl. The lowest BCUT2D eigenvalue weighted by molar-refractivity contribution is 0.306. The zero-order chi connectivity index (χ0) is 17.6. The van der Waals surface area contributed by atoms with Crippen molar-refractivity contribution in [2.45, 2.75) is 32.9 Å². The molecule has 0 aliphatic heterocycles. The molecule has 0 fully saturated rings. The molecule has 1 atom stereocenters. The fourth-order valence-corrected chi connectivity index (χ4v) is 2.52. The van der Waals surface area contributed by atoms with E-state index >= 15 is 0 Å². The standard InChI is InChI=1S/C20H23N3O2.ClH/c1-14-6-4-7-16(10-14)13-24-18-9-5-8-17(12-18)20-22-19(23-25-20)11-15(2)21-3;/h4-10,12,15,21H,11,13H2,1-3H3;1H. The molecule has 138 valence electrons. The molecule has 26 heavy (non-hydrogen) atoms. The molecule has 1 aromatic heterocycles. The Morgan fingerprint density at radius 2 is 1.96 bits per heavy atom. The van der Waals surface area contributed by atoms with Crippen molar-refractivity contribution in [1.82, 2.24) is 15.5 Å². The number of ether oxygens (including phenoxy) is 1. The Morgan fingerprint density at radius 3 is 2.73 bits per heavy atom. The van der Waals surface area contributed by atoms with Crippen LogP contribution in [-0.2, 0) is 13.0 Å². The summed E-state index contributed by atoms with van der Waals surface area (Å²) >= 11 is 0. The van der Waals surface area contributed by atoms with E-state index in [4.69, 9.17) is 9.26 Å². The van der Waals surface area contributed by atoms with E-state index < -0.39 is 0 Å².